The van der Waals surface area contributed by atoms with Gasteiger partial charge in [0.15, 0.2) is 12.4 Å². The monoisotopic (exact) mass is 652 g/mol. The van der Waals surface area contributed by atoms with Crippen LogP contribution in [0.15, 0.2) is 42.2 Å². The van der Waals surface area contributed by atoms with Crippen molar-refractivity contribution in [2.24, 2.45) is 17.8 Å². The second kappa shape index (κ2) is 15.0. The van der Waals surface area contributed by atoms with Gasteiger partial charge in [-0.05, 0) is 23.8 Å². The van der Waals surface area contributed by atoms with Gasteiger partial charge in [-0.15, -0.1) is 0 Å². The number of esters is 4. The molecule has 2 fully saturated rings. The van der Waals surface area contributed by atoms with Crippen molar-refractivity contribution in [3.8, 4) is 5.75 Å². The molecule has 0 radical (unpaired) electrons. The van der Waals surface area contributed by atoms with E-state index in [4.69, 9.17) is 37.9 Å². The van der Waals surface area contributed by atoms with E-state index in [1.165, 1.54) is 13.2 Å². The molecule has 16 heteroatoms. The Morgan fingerprint density at radius 1 is 0.891 bits per heavy atom. The molecule has 4 rings (SSSR count). The first-order valence-corrected chi connectivity index (χ1v) is 14.1. The number of aliphatic hydroxyl groups is 4. The zero-order valence-electron chi connectivity index (χ0n) is 25.3. The Balaban J connectivity index is 1.72. The molecular weight excluding hydrogens is 616 g/mol. The Morgan fingerprint density at radius 3 is 2.17 bits per heavy atom. The van der Waals surface area contributed by atoms with Gasteiger partial charge in [0, 0.05) is 24.8 Å². The zero-order chi connectivity index (χ0) is 33.7. The molecule has 1 saturated carbocycles. The van der Waals surface area contributed by atoms with Crippen LogP contribution in [0.3, 0.4) is 0 Å². The molecule has 0 aromatic heterocycles. The highest BCUT2D eigenvalue weighted by Crippen LogP contribution is 2.51. The van der Waals surface area contributed by atoms with E-state index in [9.17, 15) is 39.6 Å². The van der Waals surface area contributed by atoms with Crippen molar-refractivity contribution in [2.45, 2.75) is 56.1 Å². The van der Waals surface area contributed by atoms with Crippen molar-refractivity contribution in [1.82, 2.24) is 0 Å². The van der Waals surface area contributed by atoms with Crippen LogP contribution in [0.2, 0.25) is 0 Å². The summed E-state index contributed by atoms with van der Waals surface area (Å²) in [5.41, 5.74) is 0.407. The Labute approximate surface area is 263 Å². The van der Waals surface area contributed by atoms with E-state index in [-0.39, 0.29) is 5.57 Å². The van der Waals surface area contributed by atoms with E-state index in [1.54, 1.807) is 24.3 Å². The number of hydrogen-bond acceptors (Lipinski definition) is 16. The molecule has 252 valence electrons. The lowest BCUT2D eigenvalue weighted by Gasteiger charge is -2.43. The maximum atomic E-state index is 13.4. The molecule has 0 unspecified atom stereocenters. The van der Waals surface area contributed by atoms with E-state index in [0.717, 1.165) is 33.5 Å². The number of fused-ring (bicyclic) bond motifs is 1. The predicted octanol–water partition coefficient (Wildman–Crippen LogP) is -1.18. The Bertz CT molecular complexity index is 1320. The van der Waals surface area contributed by atoms with Crippen LogP contribution in [-0.2, 0) is 52.3 Å². The molecule has 0 bridgehead atoms. The number of carbonyl (C=O) groups excluding carboxylic acids is 4. The smallest absolute Gasteiger partial charge is 0.337 e. The average Bonchev–Trinajstić information content (AvgIpc) is 3.36. The van der Waals surface area contributed by atoms with Crippen LogP contribution in [-0.4, -0.2) is 121 Å². The van der Waals surface area contributed by atoms with Gasteiger partial charge in [-0.2, -0.15) is 0 Å². The molecule has 1 aromatic rings. The molecule has 1 saturated heterocycles. The first kappa shape index (κ1) is 34.8. The van der Waals surface area contributed by atoms with E-state index < -0.39 is 97.4 Å². The van der Waals surface area contributed by atoms with Crippen LogP contribution >= 0.6 is 0 Å². The highest BCUT2D eigenvalue weighted by Gasteiger charge is 2.65. The van der Waals surface area contributed by atoms with Gasteiger partial charge < -0.3 is 58.3 Å². The third-order valence-corrected chi connectivity index (χ3v) is 7.96. The van der Waals surface area contributed by atoms with Gasteiger partial charge in [-0.25, -0.2) is 9.59 Å². The number of aliphatic hydroxyl groups excluding tert-OH is 4. The molecule has 0 amide bonds. The number of ether oxygens (including phenoxy) is 8. The normalized spacial score (nSPS) is 33.7. The van der Waals surface area contributed by atoms with Crippen LogP contribution in [0.5, 0.6) is 5.75 Å². The Morgan fingerprint density at radius 2 is 1.59 bits per heavy atom. The van der Waals surface area contributed by atoms with Gasteiger partial charge in [0.2, 0.25) is 6.29 Å². The van der Waals surface area contributed by atoms with Crippen molar-refractivity contribution >= 4 is 30.0 Å². The van der Waals surface area contributed by atoms with Crippen molar-refractivity contribution in [3.63, 3.8) is 0 Å². The fraction of sp³-hybridized carbons (Fsp3) is 0.533. The molecule has 3 aliphatic rings. The maximum Gasteiger partial charge on any atom is 0.337 e. The van der Waals surface area contributed by atoms with Gasteiger partial charge >= 0.3 is 23.9 Å². The highest BCUT2D eigenvalue weighted by molar-refractivity contribution is 5.90. The van der Waals surface area contributed by atoms with Crippen LogP contribution in [0, 0.1) is 17.8 Å². The van der Waals surface area contributed by atoms with Crippen LogP contribution in [0.4, 0.5) is 0 Å². The second-order valence-electron chi connectivity index (χ2n) is 10.6. The zero-order valence-corrected chi connectivity index (χ0v) is 25.3. The summed E-state index contributed by atoms with van der Waals surface area (Å²) in [6.07, 6.45) is -9.59. The molecular formula is C30H36O16. The van der Waals surface area contributed by atoms with Crippen LogP contribution in [0.25, 0.3) is 6.08 Å². The first-order valence-electron chi connectivity index (χ1n) is 14.1. The largest absolute Gasteiger partial charge is 0.497 e. The Kier molecular flexibility index (Phi) is 11.4. The second-order valence-corrected chi connectivity index (χ2v) is 10.6. The summed E-state index contributed by atoms with van der Waals surface area (Å²) in [5, 5.41) is 40.6. The molecule has 1 aliphatic carbocycles. The van der Waals surface area contributed by atoms with Crippen LogP contribution < -0.4 is 4.74 Å². The van der Waals surface area contributed by atoms with Crippen molar-refractivity contribution in [2.75, 3.05) is 27.9 Å². The molecule has 16 nitrogen and oxygen atoms in total. The minimum atomic E-state index is -1.86. The minimum absolute atomic E-state index is 0.200. The average molecular weight is 653 g/mol. The lowest BCUT2D eigenvalue weighted by molar-refractivity contribution is -0.342. The summed E-state index contributed by atoms with van der Waals surface area (Å²) in [6.45, 7) is 0.321. The third-order valence-electron chi connectivity index (χ3n) is 7.96. The summed E-state index contributed by atoms with van der Waals surface area (Å²) in [7, 11) is 3.65. The lowest BCUT2D eigenvalue weighted by atomic mass is 9.82. The summed E-state index contributed by atoms with van der Waals surface area (Å²) in [5.74, 6) is -7.14. The van der Waals surface area contributed by atoms with Crippen LogP contribution in [0.1, 0.15) is 12.5 Å². The number of methoxy groups -OCH3 is 3. The van der Waals surface area contributed by atoms with E-state index in [1.807, 2.05) is 0 Å². The van der Waals surface area contributed by atoms with Gasteiger partial charge in [0.1, 0.15) is 42.2 Å². The third kappa shape index (κ3) is 7.16. The fourth-order valence-electron chi connectivity index (χ4n) is 5.79. The number of hydrogen-bond donors (Lipinski definition) is 4. The van der Waals surface area contributed by atoms with Gasteiger partial charge in [0.25, 0.3) is 0 Å². The van der Waals surface area contributed by atoms with E-state index >= 15 is 0 Å². The first-order chi connectivity index (χ1) is 21.9. The fourth-order valence-corrected chi connectivity index (χ4v) is 5.79. The van der Waals surface area contributed by atoms with E-state index in [2.05, 4.69) is 0 Å². The minimum Gasteiger partial charge on any atom is -0.497 e. The lowest BCUT2D eigenvalue weighted by Crippen LogP contribution is -2.60. The van der Waals surface area contributed by atoms with Crippen molar-refractivity contribution in [1.29, 1.82) is 0 Å². The molecule has 2 aliphatic heterocycles. The molecule has 0 spiro atoms. The molecule has 46 heavy (non-hydrogen) atoms. The summed E-state index contributed by atoms with van der Waals surface area (Å²) >= 11 is 0. The molecule has 2 heterocycles. The van der Waals surface area contributed by atoms with Gasteiger partial charge in [-0.3, -0.25) is 9.59 Å². The predicted molar refractivity (Wildman–Crippen MR) is 150 cm³/mol. The summed E-state index contributed by atoms with van der Waals surface area (Å²) in [4.78, 5) is 51.7. The quantitative estimate of drug-likeness (QED) is 0.133. The van der Waals surface area contributed by atoms with Crippen molar-refractivity contribution < 1.29 is 77.5 Å². The summed E-state index contributed by atoms with van der Waals surface area (Å²) < 4.78 is 43.2. The topological polar surface area (TPSA) is 223 Å². The number of benzene rings is 1. The van der Waals surface area contributed by atoms with Crippen molar-refractivity contribution in [3.05, 3.63) is 47.7 Å². The number of rotatable bonds is 10. The maximum absolute atomic E-state index is 13.4. The van der Waals surface area contributed by atoms with E-state index in [0.29, 0.717) is 11.3 Å². The Hall–Kier alpha value is -4.06. The molecule has 11 atom stereocenters. The highest BCUT2D eigenvalue weighted by atomic mass is 16.8. The summed E-state index contributed by atoms with van der Waals surface area (Å²) in [6, 6.07) is 6.70. The molecule has 4 N–H and O–H groups in total. The SMILES string of the molecule is COC(=O)C1=CO[C@@H](O[C@@H]2O[C@H](CO)[C@@H](O)[C@H](O)[C@H]2O)[C@H]2[C@@H]1[C@H](OC(C)=O)[C@H](OC(=O)/C=C/c1ccc(OC)cc1)[C@@H]2C(=O)OC. The number of carbonyl (C=O) groups is 4. The van der Waals surface area contributed by atoms with Gasteiger partial charge in [-0.1, -0.05) is 12.1 Å². The molecule has 1 aromatic carbocycles. The standard InChI is InChI=1S/C30H36O16/c1-13(32)43-25-19-16(27(37)40-3)12-42-29(46-30-24(36)23(35)22(34)17(11-31)44-30)20(19)21(28(38)41-4)26(25)45-18(33)10-7-14-5-8-15(39-2)9-6-14/h5-10,12,17,19-26,29-31,34-36H,11H2,1-4H3/b10-7+/t17-,19-,20+,21-,22-,23+,24-,25+,26-,29+,30+/m1/s1. The van der Waals surface area contributed by atoms with Gasteiger partial charge in [0.05, 0.1) is 39.8 Å².